The molecule has 0 saturated heterocycles. The van der Waals surface area contributed by atoms with Gasteiger partial charge in [0.2, 0.25) is 0 Å². The van der Waals surface area contributed by atoms with E-state index in [0.717, 1.165) is 43.8 Å². The van der Waals surface area contributed by atoms with Crippen LogP contribution >= 0.6 is 11.8 Å². The van der Waals surface area contributed by atoms with Gasteiger partial charge in [0.15, 0.2) is 0 Å². The van der Waals surface area contributed by atoms with Gasteiger partial charge in [-0.1, -0.05) is 30.0 Å². The Hall–Kier alpha value is -2.19. The molecule has 0 radical (unpaired) electrons. The smallest absolute Gasteiger partial charge is 0.299 e. The van der Waals surface area contributed by atoms with Crippen LogP contribution in [0.3, 0.4) is 0 Å². The largest absolute Gasteiger partial charge is 0.299 e. The van der Waals surface area contributed by atoms with Gasteiger partial charge >= 0.3 is 0 Å². The first-order chi connectivity index (χ1) is 11.6. The topological polar surface area (TPSA) is 87.8 Å². The molecule has 1 amide bonds. The van der Waals surface area contributed by atoms with Crippen molar-refractivity contribution in [2.24, 2.45) is 5.10 Å². The first-order valence-electron chi connectivity index (χ1n) is 7.76. The van der Waals surface area contributed by atoms with Crippen LogP contribution in [0.15, 0.2) is 41.0 Å². The van der Waals surface area contributed by atoms with E-state index in [1.165, 1.54) is 17.3 Å². The molecule has 8 heteroatoms. The number of rotatable bonds is 5. The van der Waals surface area contributed by atoms with Crippen molar-refractivity contribution < 1.29 is 9.72 Å². The number of nitrogens with zero attached hydrogens (tertiary/aromatic N) is 3. The third-order valence-corrected chi connectivity index (χ3v) is 4.92. The van der Waals surface area contributed by atoms with Crippen molar-refractivity contribution >= 4 is 28.4 Å². The van der Waals surface area contributed by atoms with Gasteiger partial charge in [0.25, 0.3) is 10.9 Å². The molecule has 3 rings (SSSR count). The van der Waals surface area contributed by atoms with Gasteiger partial charge in [-0.3, -0.25) is 19.8 Å². The summed E-state index contributed by atoms with van der Waals surface area (Å²) in [6, 6.07) is 6.74. The summed E-state index contributed by atoms with van der Waals surface area (Å²) in [4.78, 5) is 23.7. The number of hydrogen-bond acceptors (Lipinski definition) is 6. The highest BCUT2D eigenvalue weighted by Gasteiger charge is 2.19. The van der Waals surface area contributed by atoms with Gasteiger partial charge in [0, 0.05) is 37.5 Å². The number of amides is 1. The maximum Gasteiger partial charge on any atom is 0.299 e. The highest BCUT2D eigenvalue weighted by molar-refractivity contribution is 8.14. The lowest BCUT2D eigenvalue weighted by atomic mass is 10.0. The quantitative estimate of drug-likeness (QED) is 0.654. The zero-order valence-electron chi connectivity index (χ0n) is 13.1. The van der Waals surface area contributed by atoms with Crippen LogP contribution in [0.1, 0.15) is 12.0 Å². The lowest BCUT2D eigenvalue weighted by Gasteiger charge is -2.27. The molecule has 0 aromatic heterocycles. The van der Waals surface area contributed by atoms with Crippen molar-refractivity contribution in [3.05, 3.63) is 51.6 Å². The Kier molecular flexibility index (Phi) is 5.27. The number of nitro groups is 1. The predicted octanol–water partition coefficient (Wildman–Crippen LogP) is 2.58. The van der Waals surface area contributed by atoms with Gasteiger partial charge in [-0.05, 0) is 24.0 Å². The van der Waals surface area contributed by atoms with Crippen molar-refractivity contribution in [3.63, 3.8) is 0 Å². The van der Waals surface area contributed by atoms with Crippen molar-refractivity contribution in [2.45, 2.75) is 12.8 Å². The average molecular weight is 346 g/mol. The van der Waals surface area contributed by atoms with Crippen LogP contribution in [0.2, 0.25) is 0 Å². The zero-order valence-corrected chi connectivity index (χ0v) is 13.9. The first kappa shape index (κ1) is 16.7. The van der Waals surface area contributed by atoms with E-state index >= 15 is 0 Å². The van der Waals surface area contributed by atoms with E-state index in [1.807, 2.05) is 12.1 Å². The molecule has 0 unspecified atom stereocenters. The van der Waals surface area contributed by atoms with Crippen LogP contribution in [-0.4, -0.2) is 46.2 Å². The molecule has 0 saturated carbocycles. The molecule has 1 aromatic rings. The molecule has 7 nitrogen and oxygen atoms in total. The average Bonchev–Trinajstić information content (AvgIpc) is 2.61. The van der Waals surface area contributed by atoms with E-state index in [2.05, 4.69) is 21.5 Å². The number of hydrazone groups is 1. The molecule has 0 spiro atoms. The van der Waals surface area contributed by atoms with Crippen LogP contribution in [0.25, 0.3) is 0 Å². The second-order valence-corrected chi connectivity index (χ2v) is 6.65. The number of nitrogens with one attached hydrogen (secondary N) is 1. The van der Waals surface area contributed by atoms with E-state index in [9.17, 15) is 14.9 Å². The van der Waals surface area contributed by atoms with Gasteiger partial charge in [-0.2, -0.15) is 5.10 Å². The maximum atomic E-state index is 11.1. The summed E-state index contributed by atoms with van der Waals surface area (Å²) in [5.41, 5.74) is 5.92. The lowest BCUT2D eigenvalue weighted by Crippen LogP contribution is -2.33. The number of carbonyl (C=O) groups is 1. The highest BCUT2D eigenvalue weighted by atomic mass is 32.2. The minimum absolute atomic E-state index is 0.0973. The minimum Gasteiger partial charge on any atom is -0.299 e. The predicted molar refractivity (Wildman–Crippen MR) is 94.4 cm³/mol. The molecular formula is C16H18N4O3S. The lowest BCUT2D eigenvalue weighted by molar-refractivity contribution is -0.384. The Labute approximate surface area is 143 Å². The summed E-state index contributed by atoms with van der Waals surface area (Å²) in [5, 5.41) is 14.7. The normalized spacial score (nSPS) is 18.6. The highest BCUT2D eigenvalue weighted by Crippen LogP contribution is 2.19. The van der Waals surface area contributed by atoms with E-state index < -0.39 is 0 Å². The van der Waals surface area contributed by atoms with Gasteiger partial charge in [0.1, 0.15) is 0 Å². The maximum absolute atomic E-state index is 11.1. The van der Waals surface area contributed by atoms with Gasteiger partial charge < -0.3 is 0 Å². The Morgan fingerprint density at radius 1 is 1.33 bits per heavy atom. The molecule has 2 heterocycles. The van der Waals surface area contributed by atoms with E-state index in [-0.39, 0.29) is 15.8 Å². The van der Waals surface area contributed by atoms with Crippen LogP contribution in [0.4, 0.5) is 10.5 Å². The van der Waals surface area contributed by atoms with Crippen LogP contribution in [0, 0.1) is 10.1 Å². The molecule has 0 aliphatic carbocycles. The molecule has 0 fully saturated rings. The number of hydrogen-bond donors (Lipinski definition) is 1. The standard InChI is InChI=1S/C16H18N4O3S/c21-16-18-17-15(11-24-16)13-6-9-19(10-7-13)8-5-12-1-3-14(4-2-12)20(22)23/h1-4,6H,5,7-11H2,(H,18,21). The van der Waals surface area contributed by atoms with Crippen molar-refractivity contribution in [2.75, 3.05) is 25.4 Å². The van der Waals surface area contributed by atoms with E-state index in [0.29, 0.717) is 5.75 Å². The number of carbonyl (C=O) groups excluding carboxylic acids is 1. The second-order valence-electron chi connectivity index (χ2n) is 5.70. The van der Waals surface area contributed by atoms with Crippen LogP contribution in [-0.2, 0) is 6.42 Å². The molecular weight excluding hydrogens is 328 g/mol. The molecule has 0 bridgehead atoms. The summed E-state index contributed by atoms with van der Waals surface area (Å²) in [6.07, 6.45) is 3.97. The zero-order chi connectivity index (χ0) is 16.9. The Balaban J connectivity index is 1.50. The summed E-state index contributed by atoms with van der Waals surface area (Å²) in [6.45, 7) is 2.73. The molecule has 1 N–H and O–H groups in total. The molecule has 2 aliphatic rings. The first-order valence-corrected chi connectivity index (χ1v) is 8.75. The number of nitro benzene ring substituents is 1. The molecule has 126 valence electrons. The summed E-state index contributed by atoms with van der Waals surface area (Å²) < 4.78 is 0. The molecule has 24 heavy (non-hydrogen) atoms. The summed E-state index contributed by atoms with van der Waals surface area (Å²) in [7, 11) is 0. The van der Waals surface area contributed by atoms with Gasteiger partial charge in [-0.15, -0.1) is 0 Å². The molecule has 1 aromatic carbocycles. The van der Waals surface area contributed by atoms with E-state index in [4.69, 9.17) is 0 Å². The Bertz CT molecular complexity index is 700. The fourth-order valence-corrected chi connectivity index (χ4v) is 3.35. The van der Waals surface area contributed by atoms with Crippen LogP contribution < -0.4 is 5.43 Å². The SMILES string of the molecule is O=C1NN=C(C2=CCN(CCc3ccc([N+](=O)[O-])cc3)CC2)CS1. The van der Waals surface area contributed by atoms with Crippen molar-refractivity contribution in [1.29, 1.82) is 0 Å². The van der Waals surface area contributed by atoms with Gasteiger partial charge in [0.05, 0.1) is 10.6 Å². The third-order valence-electron chi connectivity index (χ3n) is 4.15. The minimum atomic E-state index is -0.380. The number of non-ortho nitro benzene ring substituents is 1. The molecule has 2 aliphatic heterocycles. The van der Waals surface area contributed by atoms with Crippen molar-refractivity contribution in [1.82, 2.24) is 10.3 Å². The Morgan fingerprint density at radius 3 is 2.71 bits per heavy atom. The fraction of sp³-hybridized carbons (Fsp3) is 0.375. The second kappa shape index (κ2) is 7.59. The monoisotopic (exact) mass is 346 g/mol. The Morgan fingerprint density at radius 2 is 2.12 bits per heavy atom. The fourth-order valence-electron chi connectivity index (χ4n) is 2.72. The van der Waals surface area contributed by atoms with Crippen LogP contribution in [0.5, 0.6) is 0 Å². The van der Waals surface area contributed by atoms with Gasteiger partial charge in [-0.25, -0.2) is 5.43 Å². The number of benzene rings is 1. The molecule has 0 atom stereocenters. The summed E-state index contributed by atoms with van der Waals surface area (Å²) in [5.74, 6) is 0.639. The third kappa shape index (κ3) is 4.21. The summed E-state index contributed by atoms with van der Waals surface area (Å²) >= 11 is 1.25. The van der Waals surface area contributed by atoms with E-state index in [1.54, 1.807) is 12.1 Å². The van der Waals surface area contributed by atoms with Crippen molar-refractivity contribution in [3.8, 4) is 0 Å². The number of thioether (sulfide) groups is 1.